The summed E-state index contributed by atoms with van der Waals surface area (Å²) in [6.07, 6.45) is -1.13. The van der Waals surface area contributed by atoms with E-state index in [2.05, 4.69) is 10.3 Å². The summed E-state index contributed by atoms with van der Waals surface area (Å²) >= 11 is 0. The van der Waals surface area contributed by atoms with E-state index in [1.54, 1.807) is 0 Å². The molecule has 0 radical (unpaired) electrons. The van der Waals surface area contributed by atoms with Crippen molar-refractivity contribution in [1.29, 1.82) is 0 Å². The highest BCUT2D eigenvalue weighted by Gasteiger charge is 2.14. The van der Waals surface area contributed by atoms with Crippen LogP contribution in [0.4, 0.5) is 8.78 Å². The highest BCUT2D eigenvalue weighted by Crippen LogP contribution is 2.10. The van der Waals surface area contributed by atoms with E-state index in [1.807, 2.05) is 13.8 Å². The van der Waals surface area contributed by atoms with Gasteiger partial charge in [0.25, 0.3) is 12.3 Å². The van der Waals surface area contributed by atoms with E-state index in [0.717, 1.165) is 6.42 Å². The number of rotatable bonds is 8. The summed E-state index contributed by atoms with van der Waals surface area (Å²) in [6, 6.07) is 2.78. The molecule has 1 rings (SSSR count). The number of carbonyl (C=O) groups is 1. The Hall–Kier alpha value is -1.76. The molecule has 0 bridgehead atoms. The Balaban J connectivity index is 2.47. The van der Waals surface area contributed by atoms with E-state index in [9.17, 15) is 18.7 Å². The van der Waals surface area contributed by atoms with Gasteiger partial charge in [0.2, 0.25) is 5.88 Å². The van der Waals surface area contributed by atoms with Crippen LogP contribution in [0.1, 0.15) is 30.6 Å². The Labute approximate surface area is 122 Å². The second kappa shape index (κ2) is 8.51. The molecule has 1 aromatic heterocycles. The van der Waals surface area contributed by atoms with Crippen LogP contribution in [0, 0.1) is 5.92 Å². The maximum atomic E-state index is 12.0. The van der Waals surface area contributed by atoms with Crippen molar-refractivity contribution in [3.05, 3.63) is 23.9 Å². The fourth-order valence-corrected chi connectivity index (χ4v) is 1.52. The summed E-state index contributed by atoms with van der Waals surface area (Å²) in [5.74, 6) is -0.259. The van der Waals surface area contributed by atoms with E-state index in [1.165, 1.54) is 18.3 Å². The summed E-state index contributed by atoms with van der Waals surface area (Å²) in [6.45, 7) is 3.27. The van der Waals surface area contributed by atoms with E-state index in [0.29, 0.717) is 0 Å². The maximum absolute atomic E-state index is 12.0. The molecule has 118 valence electrons. The molecule has 0 aliphatic heterocycles. The Kier molecular flexibility index (Phi) is 7.01. The number of aromatic nitrogens is 1. The Bertz CT molecular complexity index is 440. The summed E-state index contributed by atoms with van der Waals surface area (Å²) in [5, 5.41) is 12.4. The topological polar surface area (TPSA) is 71.5 Å². The maximum Gasteiger partial charge on any atom is 0.272 e. The van der Waals surface area contributed by atoms with Gasteiger partial charge in [0.1, 0.15) is 0 Å². The Morgan fingerprint density at radius 2 is 2.19 bits per heavy atom. The third-order valence-corrected chi connectivity index (χ3v) is 3.13. The summed E-state index contributed by atoms with van der Waals surface area (Å²) in [4.78, 5) is 15.6. The first kappa shape index (κ1) is 17.3. The zero-order chi connectivity index (χ0) is 15.8. The molecule has 7 heteroatoms. The number of halogens is 2. The average Bonchev–Trinajstić information content (AvgIpc) is 2.49. The second-order valence-electron chi connectivity index (χ2n) is 4.75. The van der Waals surface area contributed by atoms with Gasteiger partial charge in [-0.25, -0.2) is 13.8 Å². The molecule has 21 heavy (non-hydrogen) atoms. The molecule has 2 atom stereocenters. The third kappa shape index (κ3) is 6.03. The molecule has 0 saturated heterocycles. The van der Waals surface area contributed by atoms with Crippen LogP contribution >= 0.6 is 0 Å². The summed E-state index contributed by atoms with van der Waals surface area (Å²) in [5.41, 5.74) is 0.274. The SMILES string of the molecule is CCC(C)C(O)CNC(=O)c1ccc(OCC(F)F)nc1. The number of ether oxygens (including phenoxy) is 1. The summed E-state index contributed by atoms with van der Waals surface area (Å²) < 4.78 is 28.6. The lowest BCUT2D eigenvalue weighted by atomic mass is 10.0. The molecule has 2 N–H and O–H groups in total. The van der Waals surface area contributed by atoms with E-state index >= 15 is 0 Å². The number of nitrogens with zero attached hydrogens (tertiary/aromatic N) is 1. The number of aliphatic hydroxyl groups is 1. The van der Waals surface area contributed by atoms with Crippen molar-refractivity contribution >= 4 is 5.91 Å². The number of alkyl halides is 2. The fraction of sp³-hybridized carbons (Fsp3) is 0.571. The Morgan fingerprint density at radius 1 is 1.48 bits per heavy atom. The first-order valence-electron chi connectivity index (χ1n) is 6.77. The average molecular weight is 302 g/mol. The van der Waals surface area contributed by atoms with Crippen LogP contribution in [-0.4, -0.2) is 41.7 Å². The molecule has 0 fully saturated rings. The molecule has 0 aromatic carbocycles. The van der Waals surface area contributed by atoms with Gasteiger partial charge in [-0.2, -0.15) is 0 Å². The smallest absolute Gasteiger partial charge is 0.272 e. The molecule has 0 saturated carbocycles. The van der Waals surface area contributed by atoms with Crippen LogP contribution in [0.2, 0.25) is 0 Å². The van der Waals surface area contributed by atoms with Crippen molar-refractivity contribution in [3.8, 4) is 5.88 Å². The van der Waals surface area contributed by atoms with Gasteiger partial charge in [0, 0.05) is 18.8 Å². The van der Waals surface area contributed by atoms with Crippen LogP contribution in [0.3, 0.4) is 0 Å². The van der Waals surface area contributed by atoms with Crippen molar-refractivity contribution in [2.45, 2.75) is 32.8 Å². The zero-order valence-electron chi connectivity index (χ0n) is 12.1. The third-order valence-electron chi connectivity index (χ3n) is 3.13. The predicted molar refractivity (Wildman–Crippen MR) is 73.5 cm³/mol. The number of carbonyl (C=O) groups excluding carboxylic acids is 1. The zero-order valence-corrected chi connectivity index (χ0v) is 12.1. The van der Waals surface area contributed by atoms with Crippen LogP contribution in [0.25, 0.3) is 0 Å². The first-order valence-corrected chi connectivity index (χ1v) is 6.77. The number of nitrogens with one attached hydrogen (secondary N) is 1. The van der Waals surface area contributed by atoms with Gasteiger partial charge in [0.05, 0.1) is 11.7 Å². The largest absolute Gasteiger partial charge is 0.472 e. The normalized spacial score (nSPS) is 13.8. The van der Waals surface area contributed by atoms with Gasteiger partial charge >= 0.3 is 0 Å². The minimum absolute atomic E-state index is 0.0338. The van der Waals surface area contributed by atoms with E-state index in [-0.39, 0.29) is 29.8 Å². The van der Waals surface area contributed by atoms with Crippen LogP contribution < -0.4 is 10.1 Å². The van der Waals surface area contributed by atoms with Crippen molar-refractivity contribution in [1.82, 2.24) is 10.3 Å². The standard InChI is InChI=1S/C14H20F2N2O3/c1-3-9(2)11(19)7-18-14(20)10-4-5-13(17-6-10)21-8-12(15)16/h4-6,9,11-12,19H,3,7-8H2,1-2H3,(H,18,20). The highest BCUT2D eigenvalue weighted by molar-refractivity contribution is 5.93. The lowest BCUT2D eigenvalue weighted by Gasteiger charge is -2.17. The van der Waals surface area contributed by atoms with Gasteiger partial charge in [0.15, 0.2) is 6.61 Å². The van der Waals surface area contributed by atoms with Crippen LogP contribution in [0.5, 0.6) is 5.88 Å². The van der Waals surface area contributed by atoms with Crippen molar-refractivity contribution in [3.63, 3.8) is 0 Å². The quantitative estimate of drug-likeness (QED) is 0.769. The number of hydrogen-bond donors (Lipinski definition) is 2. The summed E-state index contributed by atoms with van der Waals surface area (Å²) in [7, 11) is 0. The Morgan fingerprint density at radius 3 is 2.71 bits per heavy atom. The van der Waals surface area contributed by atoms with Crippen LogP contribution in [0.15, 0.2) is 18.3 Å². The first-order chi connectivity index (χ1) is 9.93. The molecular formula is C14H20F2N2O3. The van der Waals surface area contributed by atoms with Crippen LogP contribution in [-0.2, 0) is 0 Å². The minimum Gasteiger partial charge on any atom is -0.472 e. The van der Waals surface area contributed by atoms with E-state index < -0.39 is 19.1 Å². The fourth-order valence-electron chi connectivity index (χ4n) is 1.52. The lowest BCUT2D eigenvalue weighted by molar-refractivity contribution is 0.0793. The molecule has 5 nitrogen and oxygen atoms in total. The minimum atomic E-state index is -2.57. The molecule has 1 heterocycles. The van der Waals surface area contributed by atoms with Gasteiger partial charge in [-0.3, -0.25) is 4.79 Å². The lowest BCUT2D eigenvalue weighted by Crippen LogP contribution is -2.35. The molecule has 0 aliphatic carbocycles. The number of amides is 1. The molecule has 1 aromatic rings. The number of hydrogen-bond acceptors (Lipinski definition) is 4. The monoisotopic (exact) mass is 302 g/mol. The van der Waals surface area contributed by atoms with E-state index in [4.69, 9.17) is 4.74 Å². The van der Waals surface area contributed by atoms with Gasteiger partial charge in [-0.15, -0.1) is 0 Å². The second-order valence-corrected chi connectivity index (χ2v) is 4.75. The highest BCUT2D eigenvalue weighted by atomic mass is 19.3. The van der Waals surface area contributed by atoms with Crippen molar-refractivity contribution in [2.75, 3.05) is 13.2 Å². The van der Waals surface area contributed by atoms with Gasteiger partial charge in [-0.1, -0.05) is 20.3 Å². The molecule has 0 spiro atoms. The van der Waals surface area contributed by atoms with Crippen molar-refractivity contribution in [2.24, 2.45) is 5.92 Å². The number of aliphatic hydroxyl groups excluding tert-OH is 1. The molecule has 2 unspecified atom stereocenters. The van der Waals surface area contributed by atoms with Gasteiger partial charge in [-0.05, 0) is 12.0 Å². The molecule has 0 aliphatic rings. The number of pyridine rings is 1. The van der Waals surface area contributed by atoms with Crippen molar-refractivity contribution < 1.29 is 23.4 Å². The predicted octanol–water partition coefficient (Wildman–Crippen LogP) is 1.86. The molecular weight excluding hydrogens is 282 g/mol. The van der Waals surface area contributed by atoms with Gasteiger partial charge < -0.3 is 15.2 Å². The molecule has 1 amide bonds.